The van der Waals surface area contributed by atoms with Crippen LogP contribution < -0.4 is 20.5 Å². The van der Waals surface area contributed by atoms with Crippen molar-refractivity contribution < 1.29 is 19.1 Å². The predicted molar refractivity (Wildman–Crippen MR) is 94.6 cm³/mol. The first kappa shape index (κ1) is 18.3. The van der Waals surface area contributed by atoms with Crippen LogP contribution in [0.15, 0.2) is 42.5 Å². The van der Waals surface area contributed by atoms with Gasteiger partial charge in [0, 0.05) is 12.1 Å². The highest BCUT2D eigenvalue weighted by molar-refractivity contribution is 5.96. The highest BCUT2D eigenvalue weighted by Gasteiger charge is 2.18. The summed E-state index contributed by atoms with van der Waals surface area (Å²) in [5, 5.41) is 2.80. The van der Waals surface area contributed by atoms with Crippen molar-refractivity contribution in [1.82, 2.24) is 5.32 Å². The minimum absolute atomic E-state index is 0.245. The zero-order valence-electron chi connectivity index (χ0n) is 14.5. The molecule has 0 bridgehead atoms. The topological polar surface area (TPSA) is 90.7 Å². The Morgan fingerprint density at radius 3 is 2.56 bits per heavy atom. The number of rotatable bonds is 7. The summed E-state index contributed by atoms with van der Waals surface area (Å²) in [4.78, 5) is 23.8. The highest BCUT2D eigenvalue weighted by atomic mass is 16.5. The van der Waals surface area contributed by atoms with E-state index >= 15 is 0 Å². The van der Waals surface area contributed by atoms with E-state index in [9.17, 15) is 9.59 Å². The molecule has 25 heavy (non-hydrogen) atoms. The van der Waals surface area contributed by atoms with Gasteiger partial charge in [0.05, 0.1) is 12.7 Å². The molecule has 0 saturated heterocycles. The van der Waals surface area contributed by atoms with Gasteiger partial charge in [-0.1, -0.05) is 24.3 Å². The number of hydrogen-bond donors (Lipinski definition) is 2. The van der Waals surface area contributed by atoms with Crippen LogP contribution in [-0.2, 0) is 11.3 Å². The molecule has 0 fully saturated rings. The first-order chi connectivity index (χ1) is 11.9. The molecule has 0 aliphatic rings. The van der Waals surface area contributed by atoms with E-state index in [1.54, 1.807) is 32.2 Å². The van der Waals surface area contributed by atoms with E-state index < -0.39 is 12.0 Å². The number of para-hydroxylation sites is 1. The third kappa shape index (κ3) is 4.73. The van der Waals surface area contributed by atoms with Crippen molar-refractivity contribution in [3.05, 3.63) is 59.2 Å². The summed E-state index contributed by atoms with van der Waals surface area (Å²) in [6, 6.07) is 12.5. The van der Waals surface area contributed by atoms with Gasteiger partial charge in [0.25, 0.3) is 11.8 Å². The smallest absolute Gasteiger partial charge is 0.261 e. The summed E-state index contributed by atoms with van der Waals surface area (Å²) < 4.78 is 10.9. The van der Waals surface area contributed by atoms with E-state index in [1.165, 1.54) is 0 Å². The van der Waals surface area contributed by atoms with Crippen LogP contribution in [0.1, 0.15) is 28.4 Å². The molecule has 132 valence electrons. The van der Waals surface area contributed by atoms with E-state index in [0.717, 1.165) is 11.1 Å². The van der Waals surface area contributed by atoms with Crippen LogP contribution >= 0.6 is 0 Å². The molecule has 3 N–H and O–H groups in total. The van der Waals surface area contributed by atoms with Gasteiger partial charge in [-0.15, -0.1) is 0 Å². The average molecular weight is 342 g/mol. The number of aryl methyl sites for hydroxylation is 1. The molecule has 0 aliphatic heterocycles. The largest absolute Gasteiger partial charge is 0.496 e. The molecular formula is C19H22N2O4. The molecular weight excluding hydrogens is 320 g/mol. The Bertz CT molecular complexity index is 774. The van der Waals surface area contributed by atoms with Gasteiger partial charge in [0.15, 0.2) is 6.10 Å². The maximum Gasteiger partial charge on any atom is 0.261 e. The number of ether oxygens (including phenoxy) is 2. The lowest BCUT2D eigenvalue weighted by Gasteiger charge is -2.17. The third-order valence-corrected chi connectivity index (χ3v) is 3.72. The highest BCUT2D eigenvalue weighted by Crippen LogP contribution is 2.21. The number of carbonyl (C=O) groups is 2. The number of amides is 2. The standard InChI is InChI=1S/C19H22N2O4/c1-12-8-9-15(18(20)22)17(10-12)25-13(2)19(23)21-11-14-6-4-5-7-16(14)24-3/h4-10,13H,11H2,1-3H3,(H2,20,22)(H,21,23). The number of nitrogens with one attached hydrogen (secondary N) is 1. The monoisotopic (exact) mass is 342 g/mol. The van der Waals surface area contributed by atoms with Crippen LogP contribution in [0.4, 0.5) is 0 Å². The fourth-order valence-corrected chi connectivity index (χ4v) is 2.35. The Labute approximate surface area is 146 Å². The molecule has 0 saturated carbocycles. The minimum atomic E-state index is -0.783. The average Bonchev–Trinajstić information content (AvgIpc) is 2.59. The van der Waals surface area contributed by atoms with Gasteiger partial charge in [0.2, 0.25) is 0 Å². The minimum Gasteiger partial charge on any atom is -0.496 e. The maximum atomic E-state index is 12.3. The quantitative estimate of drug-likeness (QED) is 0.807. The molecule has 0 spiro atoms. The van der Waals surface area contributed by atoms with Crippen molar-refractivity contribution in [2.45, 2.75) is 26.5 Å². The van der Waals surface area contributed by atoms with Gasteiger partial charge >= 0.3 is 0 Å². The van der Waals surface area contributed by atoms with Crippen molar-refractivity contribution in [2.75, 3.05) is 7.11 Å². The van der Waals surface area contributed by atoms with Crippen molar-refractivity contribution in [2.24, 2.45) is 5.73 Å². The lowest BCUT2D eigenvalue weighted by atomic mass is 10.1. The van der Waals surface area contributed by atoms with Crippen molar-refractivity contribution in [1.29, 1.82) is 0 Å². The summed E-state index contributed by atoms with van der Waals surface area (Å²) in [5.74, 6) is 0.0953. The Morgan fingerprint density at radius 1 is 1.16 bits per heavy atom. The van der Waals surface area contributed by atoms with Crippen LogP contribution in [0.3, 0.4) is 0 Å². The van der Waals surface area contributed by atoms with Crippen LogP contribution in [0.2, 0.25) is 0 Å². The fraction of sp³-hybridized carbons (Fsp3) is 0.263. The molecule has 0 heterocycles. The molecule has 2 aromatic carbocycles. The first-order valence-electron chi connectivity index (χ1n) is 7.89. The Kier molecular flexibility index (Phi) is 6.00. The molecule has 2 aromatic rings. The SMILES string of the molecule is COc1ccccc1CNC(=O)C(C)Oc1cc(C)ccc1C(N)=O. The Morgan fingerprint density at radius 2 is 1.88 bits per heavy atom. The number of primary amides is 1. The van der Waals surface area contributed by atoms with Gasteiger partial charge in [-0.25, -0.2) is 0 Å². The van der Waals surface area contributed by atoms with Crippen LogP contribution in [0, 0.1) is 6.92 Å². The maximum absolute atomic E-state index is 12.3. The van der Waals surface area contributed by atoms with E-state index in [2.05, 4.69) is 5.32 Å². The van der Waals surface area contributed by atoms with Crippen molar-refractivity contribution >= 4 is 11.8 Å². The lowest BCUT2D eigenvalue weighted by Crippen LogP contribution is -2.36. The van der Waals surface area contributed by atoms with E-state index in [4.69, 9.17) is 15.2 Å². The molecule has 0 aliphatic carbocycles. The second-order valence-electron chi connectivity index (χ2n) is 5.65. The molecule has 0 aromatic heterocycles. The third-order valence-electron chi connectivity index (χ3n) is 3.72. The Hall–Kier alpha value is -3.02. The van der Waals surface area contributed by atoms with Crippen LogP contribution in [0.5, 0.6) is 11.5 Å². The van der Waals surface area contributed by atoms with Crippen molar-refractivity contribution in [3.8, 4) is 11.5 Å². The normalized spacial score (nSPS) is 11.5. The molecule has 0 radical (unpaired) electrons. The summed E-state index contributed by atoms with van der Waals surface area (Å²) in [5.41, 5.74) is 7.36. The van der Waals surface area contributed by atoms with Gasteiger partial charge < -0.3 is 20.5 Å². The van der Waals surface area contributed by atoms with E-state index in [0.29, 0.717) is 18.0 Å². The van der Waals surface area contributed by atoms with Gasteiger partial charge in [-0.2, -0.15) is 0 Å². The summed E-state index contributed by atoms with van der Waals surface area (Å²) in [7, 11) is 1.58. The molecule has 1 unspecified atom stereocenters. The molecule has 2 rings (SSSR count). The molecule has 2 amide bonds. The van der Waals surface area contributed by atoms with Gasteiger partial charge in [-0.3, -0.25) is 9.59 Å². The zero-order valence-corrected chi connectivity index (χ0v) is 14.5. The summed E-state index contributed by atoms with van der Waals surface area (Å²) in [6.07, 6.45) is -0.783. The van der Waals surface area contributed by atoms with Gasteiger partial charge in [0.1, 0.15) is 11.5 Å². The number of carbonyl (C=O) groups excluding carboxylic acids is 2. The van der Waals surface area contributed by atoms with Crippen LogP contribution in [0.25, 0.3) is 0 Å². The first-order valence-corrected chi connectivity index (χ1v) is 7.89. The zero-order chi connectivity index (χ0) is 18.4. The fourth-order valence-electron chi connectivity index (χ4n) is 2.35. The molecule has 1 atom stereocenters. The number of nitrogens with two attached hydrogens (primary N) is 1. The second kappa shape index (κ2) is 8.19. The molecule has 6 nitrogen and oxygen atoms in total. The van der Waals surface area contributed by atoms with Crippen molar-refractivity contribution in [3.63, 3.8) is 0 Å². The molecule has 6 heteroatoms. The summed E-state index contributed by atoms with van der Waals surface area (Å²) >= 11 is 0. The number of benzene rings is 2. The van der Waals surface area contributed by atoms with Crippen LogP contribution in [-0.4, -0.2) is 25.0 Å². The second-order valence-corrected chi connectivity index (χ2v) is 5.65. The number of methoxy groups -OCH3 is 1. The van der Waals surface area contributed by atoms with E-state index in [1.807, 2.05) is 31.2 Å². The Balaban J connectivity index is 2.03. The van der Waals surface area contributed by atoms with Gasteiger partial charge in [-0.05, 0) is 37.6 Å². The number of hydrogen-bond acceptors (Lipinski definition) is 4. The summed E-state index contributed by atoms with van der Waals surface area (Å²) in [6.45, 7) is 3.79. The van der Waals surface area contributed by atoms with E-state index in [-0.39, 0.29) is 11.5 Å². The lowest BCUT2D eigenvalue weighted by molar-refractivity contribution is -0.127. The predicted octanol–water partition coefficient (Wildman–Crippen LogP) is 2.19.